The van der Waals surface area contributed by atoms with E-state index < -0.39 is 0 Å². The largest absolute Gasteiger partial charge is 0.494 e. The summed E-state index contributed by atoms with van der Waals surface area (Å²) in [6.07, 6.45) is 2.18. The van der Waals surface area contributed by atoms with Crippen LogP contribution >= 0.6 is 11.3 Å². The van der Waals surface area contributed by atoms with E-state index in [0.717, 1.165) is 69.2 Å². The first-order valence-electron chi connectivity index (χ1n) is 10.5. The van der Waals surface area contributed by atoms with Crippen LogP contribution in [0.4, 0.5) is 5.69 Å². The Morgan fingerprint density at radius 3 is 2.61 bits per heavy atom. The van der Waals surface area contributed by atoms with Gasteiger partial charge in [0.2, 0.25) is 0 Å². The van der Waals surface area contributed by atoms with Gasteiger partial charge in [-0.15, -0.1) is 11.3 Å². The molecule has 1 aliphatic rings. The fourth-order valence-corrected chi connectivity index (χ4v) is 4.32. The standard InChI is InChI=1S/C26H23N3OS/c1-2-3-16-30-20-13-10-19(11-14-20)24-22-15-12-18-7-4-5-8-21(18)25(22)27-26(29-28-24)23-9-6-17-31-23/h4-15,17H,2-3,16H2,1H3,(H,27,29). The molecule has 5 heteroatoms. The van der Waals surface area contributed by atoms with E-state index >= 15 is 0 Å². The van der Waals surface area contributed by atoms with Crippen molar-refractivity contribution < 1.29 is 4.74 Å². The van der Waals surface area contributed by atoms with Crippen molar-refractivity contribution in [1.82, 2.24) is 5.43 Å². The number of thiophene rings is 1. The Bertz CT molecular complexity index is 1260. The lowest BCUT2D eigenvalue weighted by atomic mass is 9.97. The highest BCUT2D eigenvalue weighted by Gasteiger charge is 2.19. The number of hydrogen-bond acceptors (Lipinski definition) is 5. The number of aliphatic imine (C=N–C) groups is 1. The number of nitrogens with one attached hydrogen (secondary N) is 1. The summed E-state index contributed by atoms with van der Waals surface area (Å²) in [4.78, 5) is 6.09. The lowest BCUT2D eigenvalue weighted by Crippen LogP contribution is -2.18. The van der Waals surface area contributed by atoms with Gasteiger partial charge in [-0.1, -0.05) is 49.7 Å². The number of rotatable bonds is 6. The summed E-state index contributed by atoms with van der Waals surface area (Å²) in [5.41, 5.74) is 7.06. The lowest BCUT2D eigenvalue weighted by molar-refractivity contribution is 0.309. The molecule has 0 unspecified atom stereocenters. The van der Waals surface area contributed by atoms with Gasteiger partial charge < -0.3 is 4.74 Å². The van der Waals surface area contributed by atoms with Gasteiger partial charge in [-0.05, 0) is 53.6 Å². The number of ether oxygens (including phenoxy) is 1. The smallest absolute Gasteiger partial charge is 0.164 e. The van der Waals surface area contributed by atoms with Crippen LogP contribution in [0.25, 0.3) is 10.8 Å². The van der Waals surface area contributed by atoms with Gasteiger partial charge >= 0.3 is 0 Å². The monoisotopic (exact) mass is 425 g/mol. The zero-order valence-electron chi connectivity index (χ0n) is 17.3. The number of benzene rings is 3. The summed E-state index contributed by atoms with van der Waals surface area (Å²) in [6.45, 7) is 2.91. The molecule has 5 rings (SSSR count). The van der Waals surface area contributed by atoms with E-state index in [4.69, 9.17) is 14.8 Å². The zero-order chi connectivity index (χ0) is 21.0. The van der Waals surface area contributed by atoms with Gasteiger partial charge in [0.1, 0.15) is 11.5 Å². The van der Waals surface area contributed by atoms with Crippen molar-refractivity contribution in [3.8, 4) is 5.75 Å². The Morgan fingerprint density at radius 2 is 1.81 bits per heavy atom. The van der Waals surface area contributed by atoms with E-state index in [1.54, 1.807) is 11.3 Å². The average molecular weight is 426 g/mol. The second kappa shape index (κ2) is 8.74. The predicted molar refractivity (Wildman–Crippen MR) is 130 cm³/mol. The van der Waals surface area contributed by atoms with Gasteiger partial charge in [-0.25, -0.2) is 4.99 Å². The molecule has 31 heavy (non-hydrogen) atoms. The quantitative estimate of drug-likeness (QED) is 0.358. The topological polar surface area (TPSA) is 46.0 Å². The van der Waals surface area contributed by atoms with Crippen molar-refractivity contribution in [1.29, 1.82) is 0 Å². The van der Waals surface area contributed by atoms with Crippen LogP contribution in [0.15, 0.2) is 88.3 Å². The first-order valence-corrected chi connectivity index (χ1v) is 11.4. The molecular formula is C26H23N3OS. The molecular weight excluding hydrogens is 402 g/mol. The Hall–Kier alpha value is -3.44. The Morgan fingerprint density at radius 1 is 0.935 bits per heavy atom. The van der Waals surface area contributed by atoms with E-state index in [1.807, 2.05) is 18.2 Å². The molecule has 3 aromatic carbocycles. The van der Waals surface area contributed by atoms with Gasteiger partial charge in [-0.2, -0.15) is 5.10 Å². The van der Waals surface area contributed by atoms with E-state index in [2.05, 4.69) is 72.3 Å². The van der Waals surface area contributed by atoms with Gasteiger partial charge in [0.25, 0.3) is 0 Å². The summed E-state index contributed by atoms with van der Waals surface area (Å²) >= 11 is 1.65. The highest BCUT2D eigenvalue weighted by molar-refractivity contribution is 7.12. The van der Waals surface area contributed by atoms with Crippen molar-refractivity contribution >= 4 is 39.3 Å². The summed E-state index contributed by atoms with van der Waals surface area (Å²) in [5.74, 6) is 1.65. The summed E-state index contributed by atoms with van der Waals surface area (Å²) < 4.78 is 5.83. The molecule has 0 bridgehead atoms. The molecule has 1 aromatic heterocycles. The molecule has 0 amide bonds. The fraction of sp³-hybridized carbons (Fsp3) is 0.154. The molecule has 1 aliphatic heterocycles. The van der Waals surface area contributed by atoms with E-state index in [9.17, 15) is 0 Å². The third-order valence-corrected chi connectivity index (χ3v) is 6.18. The van der Waals surface area contributed by atoms with Crippen LogP contribution in [0, 0.1) is 0 Å². The van der Waals surface area contributed by atoms with E-state index in [-0.39, 0.29) is 0 Å². The van der Waals surface area contributed by atoms with Gasteiger partial charge in [0, 0.05) is 16.5 Å². The SMILES string of the molecule is CCCCOc1ccc(C2=NNC(c3cccs3)=Nc3c2ccc2ccccc32)cc1. The maximum Gasteiger partial charge on any atom is 0.164 e. The third-order valence-electron chi connectivity index (χ3n) is 5.30. The van der Waals surface area contributed by atoms with E-state index in [1.165, 1.54) is 0 Å². The normalized spacial score (nSPS) is 13.1. The third kappa shape index (κ3) is 3.97. The van der Waals surface area contributed by atoms with Gasteiger partial charge in [0.15, 0.2) is 5.84 Å². The van der Waals surface area contributed by atoms with Crippen LogP contribution in [0.1, 0.15) is 35.8 Å². The molecule has 0 fully saturated rings. The first-order chi connectivity index (χ1) is 15.3. The lowest BCUT2D eigenvalue weighted by Gasteiger charge is -2.11. The van der Waals surface area contributed by atoms with Gasteiger partial charge in [-0.3, -0.25) is 5.43 Å². The van der Waals surface area contributed by atoms with Crippen molar-refractivity contribution in [3.05, 3.63) is 94.2 Å². The Labute approximate surface area is 185 Å². The predicted octanol–water partition coefficient (Wildman–Crippen LogP) is 6.51. The molecule has 4 aromatic rings. The van der Waals surface area contributed by atoms with Crippen LogP contribution in [0.2, 0.25) is 0 Å². The Balaban J connectivity index is 1.60. The highest BCUT2D eigenvalue weighted by atomic mass is 32.1. The number of nitrogens with zero attached hydrogens (tertiary/aromatic N) is 2. The van der Waals surface area contributed by atoms with Crippen molar-refractivity contribution in [2.24, 2.45) is 10.1 Å². The zero-order valence-corrected chi connectivity index (χ0v) is 18.2. The summed E-state index contributed by atoms with van der Waals surface area (Å²) in [7, 11) is 0. The molecule has 0 atom stereocenters. The summed E-state index contributed by atoms with van der Waals surface area (Å²) in [6, 6.07) is 24.9. The number of hydrazone groups is 1. The molecule has 0 spiro atoms. The molecule has 0 radical (unpaired) electrons. The second-order valence-electron chi connectivity index (χ2n) is 7.42. The van der Waals surface area contributed by atoms with Crippen LogP contribution in [-0.2, 0) is 0 Å². The van der Waals surface area contributed by atoms with Crippen LogP contribution in [0.5, 0.6) is 5.75 Å². The molecule has 0 saturated heterocycles. The van der Waals surface area contributed by atoms with Gasteiger partial charge in [0.05, 0.1) is 17.2 Å². The maximum atomic E-state index is 5.83. The number of unbranched alkanes of at least 4 members (excludes halogenated alkanes) is 1. The van der Waals surface area contributed by atoms with Crippen LogP contribution in [0.3, 0.4) is 0 Å². The average Bonchev–Trinajstić information content (AvgIpc) is 3.28. The summed E-state index contributed by atoms with van der Waals surface area (Å²) in [5, 5.41) is 9.12. The minimum absolute atomic E-state index is 0.741. The molecule has 154 valence electrons. The minimum Gasteiger partial charge on any atom is -0.494 e. The molecule has 0 saturated carbocycles. The minimum atomic E-state index is 0.741. The number of amidine groups is 1. The molecule has 1 N–H and O–H groups in total. The Kier molecular flexibility index (Phi) is 5.50. The highest BCUT2D eigenvalue weighted by Crippen LogP contribution is 2.34. The second-order valence-corrected chi connectivity index (χ2v) is 8.37. The van der Waals surface area contributed by atoms with Crippen molar-refractivity contribution in [2.45, 2.75) is 19.8 Å². The fourth-order valence-electron chi connectivity index (χ4n) is 3.66. The van der Waals surface area contributed by atoms with Crippen molar-refractivity contribution in [2.75, 3.05) is 6.61 Å². The number of hydrogen-bond donors (Lipinski definition) is 1. The van der Waals surface area contributed by atoms with E-state index in [0.29, 0.717) is 0 Å². The first kappa shape index (κ1) is 19.5. The maximum absolute atomic E-state index is 5.83. The molecule has 2 heterocycles. The molecule has 4 nitrogen and oxygen atoms in total. The number of fused-ring (bicyclic) bond motifs is 3. The van der Waals surface area contributed by atoms with Crippen molar-refractivity contribution in [3.63, 3.8) is 0 Å². The van der Waals surface area contributed by atoms with Crippen LogP contribution < -0.4 is 10.2 Å². The van der Waals surface area contributed by atoms with Crippen LogP contribution in [-0.4, -0.2) is 18.2 Å². The molecule has 0 aliphatic carbocycles.